The molecule has 3 aliphatic carbocycles. The maximum absolute atomic E-state index is 13.4. The minimum Gasteiger partial charge on any atom is -0.387 e. The normalized spacial score (nSPS) is 45.4. The largest absolute Gasteiger partial charge is 0.387 e. The molecule has 0 aromatic heterocycles. The highest BCUT2D eigenvalue weighted by molar-refractivity contribution is 5.91. The summed E-state index contributed by atoms with van der Waals surface area (Å²) in [7, 11) is 0. The molecule has 5 rings (SSSR count). The van der Waals surface area contributed by atoms with Gasteiger partial charge in [-0.05, 0) is 55.3 Å². The average molecular weight is 386 g/mol. The van der Waals surface area contributed by atoms with Gasteiger partial charge in [0.15, 0.2) is 5.78 Å². The van der Waals surface area contributed by atoms with E-state index in [0.717, 1.165) is 52.0 Å². The van der Waals surface area contributed by atoms with E-state index in [1.54, 1.807) is 0 Å². The van der Waals surface area contributed by atoms with Crippen LogP contribution in [0.4, 0.5) is 0 Å². The van der Waals surface area contributed by atoms with Crippen LogP contribution in [0.2, 0.25) is 0 Å². The van der Waals surface area contributed by atoms with Crippen molar-refractivity contribution in [3.63, 3.8) is 0 Å². The quantitative estimate of drug-likeness (QED) is 0.727. The first-order chi connectivity index (χ1) is 13.4. The van der Waals surface area contributed by atoms with Gasteiger partial charge in [-0.15, -0.1) is 0 Å². The highest BCUT2D eigenvalue weighted by Crippen LogP contribution is 2.64. The Labute approximate surface area is 168 Å². The highest BCUT2D eigenvalue weighted by atomic mass is 16.2. The fourth-order valence-corrected chi connectivity index (χ4v) is 7.66. The molecule has 1 amide bonds. The molecule has 2 N–H and O–H groups in total. The number of piperidine rings is 1. The second-order valence-corrected chi connectivity index (χ2v) is 10.4. The minimum absolute atomic E-state index is 0.124. The second-order valence-electron chi connectivity index (χ2n) is 10.4. The molecule has 28 heavy (non-hydrogen) atoms. The van der Waals surface area contributed by atoms with Crippen LogP contribution < -0.4 is 10.6 Å². The molecule has 5 nitrogen and oxygen atoms in total. The Bertz CT molecular complexity index is 713. The summed E-state index contributed by atoms with van der Waals surface area (Å²) in [6, 6.07) is 0. The third kappa shape index (κ3) is 2.61. The monoisotopic (exact) mass is 385 g/mol. The molecular formula is C23H35N3O2. The van der Waals surface area contributed by atoms with Gasteiger partial charge in [-0.2, -0.15) is 0 Å². The van der Waals surface area contributed by atoms with Crippen LogP contribution in [0.5, 0.6) is 0 Å². The number of nitrogens with zero attached hydrogens (tertiary/aromatic N) is 1. The number of allylic oxidation sites excluding steroid dienone is 2. The Morgan fingerprint density at radius 1 is 1.11 bits per heavy atom. The van der Waals surface area contributed by atoms with Gasteiger partial charge in [0.1, 0.15) is 0 Å². The number of ketones is 1. The standard InChI is InChI=1S/C23H35N3O2/c1-22-8-6-18-16(14-25-20-13-15(27)5-7-23(18,20)2)17(22)3-4-19(22)21(28)26-11-9-24-10-12-26/h13,16-19,24-25H,3-12,14H2,1-2H3/t16?,17?,18?,19-,22+,23-/m1/s1. The van der Waals surface area contributed by atoms with E-state index in [-0.39, 0.29) is 22.5 Å². The van der Waals surface area contributed by atoms with Gasteiger partial charge in [0.2, 0.25) is 5.91 Å². The smallest absolute Gasteiger partial charge is 0.226 e. The predicted molar refractivity (Wildman–Crippen MR) is 108 cm³/mol. The van der Waals surface area contributed by atoms with Crippen molar-refractivity contribution in [2.24, 2.45) is 34.5 Å². The van der Waals surface area contributed by atoms with Crippen molar-refractivity contribution in [3.8, 4) is 0 Å². The summed E-state index contributed by atoms with van der Waals surface area (Å²) in [5, 5.41) is 7.03. The van der Waals surface area contributed by atoms with E-state index in [4.69, 9.17) is 0 Å². The molecule has 2 saturated heterocycles. The fourth-order valence-electron chi connectivity index (χ4n) is 7.66. The molecule has 5 aliphatic rings. The summed E-state index contributed by atoms with van der Waals surface area (Å²) in [6.07, 6.45) is 8.18. The van der Waals surface area contributed by atoms with Crippen molar-refractivity contribution in [3.05, 3.63) is 11.8 Å². The first-order valence-electron chi connectivity index (χ1n) is 11.4. The van der Waals surface area contributed by atoms with E-state index in [1.807, 2.05) is 6.08 Å². The number of nitrogens with one attached hydrogen (secondary N) is 2. The van der Waals surface area contributed by atoms with Crippen molar-refractivity contribution in [1.29, 1.82) is 0 Å². The number of carbonyl (C=O) groups is 2. The van der Waals surface area contributed by atoms with Crippen molar-refractivity contribution in [1.82, 2.24) is 15.5 Å². The lowest BCUT2D eigenvalue weighted by molar-refractivity contribution is -0.143. The summed E-state index contributed by atoms with van der Waals surface area (Å²) in [4.78, 5) is 27.5. The lowest BCUT2D eigenvalue weighted by atomic mass is 9.50. The van der Waals surface area contributed by atoms with Crippen LogP contribution in [0.25, 0.3) is 0 Å². The van der Waals surface area contributed by atoms with Crippen LogP contribution in [-0.2, 0) is 9.59 Å². The number of hydrogen-bond donors (Lipinski definition) is 2. The van der Waals surface area contributed by atoms with Crippen LogP contribution in [0.1, 0.15) is 52.4 Å². The zero-order valence-electron chi connectivity index (χ0n) is 17.4. The Morgan fingerprint density at radius 3 is 2.68 bits per heavy atom. The molecule has 4 fully saturated rings. The van der Waals surface area contributed by atoms with Gasteiger partial charge in [0.25, 0.3) is 0 Å². The van der Waals surface area contributed by atoms with Crippen LogP contribution >= 0.6 is 0 Å². The fraction of sp³-hybridized carbons (Fsp3) is 0.826. The molecule has 2 saturated carbocycles. The molecule has 0 spiro atoms. The number of piperazine rings is 1. The van der Waals surface area contributed by atoms with Crippen LogP contribution in [0, 0.1) is 34.5 Å². The number of carbonyl (C=O) groups excluding carboxylic acids is 2. The van der Waals surface area contributed by atoms with Crippen molar-refractivity contribution >= 4 is 11.7 Å². The van der Waals surface area contributed by atoms with E-state index in [2.05, 4.69) is 29.4 Å². The highest BCUT2D eigenvalue weighted by Gasteiger charge is 2.60. The first-order valence-corrected chi connectivity index (χ1v) is 11.4. The zero-order chi connectivity index (χ0) is 19.5. The molecule has 0 radical (unpaired) electrons. The molecular weight excluding hydrogens is 350 g/mol. The lowest BCUT2D eigenvalue weighted by Crippen LogP contribution is -2.58. The molecule has 154 valence electrons. The van der Waals surface area contributed by atoms with Gasteiger partial charge in [0.05, 0.1) is 0 Å². The van der Waals surface area contributed by atoms with E-state index < -0.39 is 0 Å². The van der Waals surface area contributed by atoms with E-state index in [0.29, 0.717) is 30.1 Å². The number of rotatable bonds is 1. The SMILES string of the molecule is C[C@]12CCC(=O)C=C1NCC1C2CC[C@@]2(C)C1CC[C@@H]2C(=O)N1CCNCC1. The van der Waals surface area contributed by atoms with Gasteiger partial charge in [-0.25, -0.2) is 0 Å². The third-order valence-electron chi connectivity index (χ3n) is 9.32. The maximum Gasteiger partial charge on any atom is 0.226 e. The molecule has 2 heterocycles. The molecule has 2 aliphatic heterocycles. The van der Waals surface area contributed by atoms with E-state index in [1.165, 1.54) is 18.5 Å². The van der Waals surface area contributed by atoms with E-state index in [9.17, 15) is 9.59 Å². The Balaban J connectivity index is 1.39. The van der Waals surface area contributed by atoms with Gasteiger partial charge in [-0.1, -0.05) is 13.8 Å². The van der Waals surface area contributed by atoms with Crippen LogP contribution in [0.3, 0.4) is 0 Å². The van der Waals surface area contributed by atoms with E-state index >= 15 is 0 Å². The van der Waals surface area contributed by atoms with Crippen LogP contribution in [-0.4, -0.2) is 49.3 Å². The molecule has 6 atom stereocenters. The molecule has 3 unspecified atom stereocenters. The summed E-state index contributed by atoms with van der Waals surface area (Å²) < 4.78 is 0. The van der Waals surface area contributed by atoms with Gasteiger partial charge >= 0.3 is 0 Å². The number of fused-ring (bicyclic) bond motifs is 5. The van der Waals surface area contributed by atoms with Crippen molar-refractivity contribution in [2.45, 2.75) is 52.4 Å². The Hall–Kier alpha value is -1.36. The average Bonchev–Trinajstić information content (AvgIpc) is 3.06. The second kappa shape index (κ2) is 6.58. The third-order valence-corrected chi connectivity index (χ3v) is 9.32. The molecule has 0 aromatic rings. The lowest BCUT2D eigenvalue weighted by Gasteiger charge is -2.58. The Kier molecular flexibility index (Phi) is 4.38. The van der Waals surface area contributed by atoms with Gasteiger partial charge in [0, 0.05) is 62.3 Å². The first kappa shape index (κ1) is 18.7. The van der Waals surface area contributed by atoms with Crippen LogP contribution in [0.15, 0.2) is 11.8 Å². The Morgan fingerprint density at radius 2 is 1.89 bits per heavy atom. The maximum atomic E-state index is 13.4. The summed E-state index contributed by atoms with van der Waals surface area (Å²) in [5.41, 5.74) is 1.46. The zero-order valence-corrected chi connectivity index (χ0v) is 17.4. The minimum atomic E-state index is 0.124. The number of hydrogen-bond acceptors (Lipinski definition) is 4. The summed E-state index contributed by atoms with van der Waals surface area (Å²) in [5.74, 6) is 2.82. The summed E-state index contributed by atoms with van der Waals surface area (Å²) >= 11 is 0. The number of amides is 1. The molecule has 5 heteroatoms. The van der Waals surface area contributed by atoms with Gasteiger partial charge in [-0.3, -0.25) is 9.59 Å². The van der Waals surface area contributed by atoms with Crippen molar-refractivity contribution in [2.75, 3.05) is 32.7 Å². The summed E-state index contributed by atoms with van der Waals surface area (Å²) in [6.45, 7) is 9.38. The topological polar surface area (TPSA) is 61.4 Å². The molecule has 0 aromatic carbocycles. The van der Waals surface area contributed by atoms with Gasteiger partial charge < -0.3 is 15.5 Å². The molecule has 0 bridgehead atoms. The predicted octanol–water partition coefficient (Wildman–Crippen LogP) is 2.33. The van der Waals surface area contributed by atoms with Crippen molar-refractivity contribution < 1.29 is 9.59 Å².